The highest BCUT2D eigenvalue weighted by molar-refractivity contribution is 6.39. The molecule has 0 atom stereocenters. The van der Waals surface area contributed by atoms with Crippen molar-refractivity contribution >= 4 is 35.0 Å². The van der Waals surface area contributed by atoms with E-state index in [2.05, 4.69) is 0 Å². The van der Waals surface area contributed by atoms with E-state index >= 15 is 0 Å². The van der Waals surface area contributed by atoms with Crippen molar-refractivity contribution in [1.29, 1.82) is 0 Å². The van der Waals surface area contributed by atoms with E-state index in [9.17, 15) is 14.7 Å². The number of nitrogens with zero attached hydrogens (tertiary/aromatic N) is 2. The van der Waals surface area contributed by atoms with Gasteiger partial charge in [-0.15, -0.1) is 0 Å². The lowest BCUT2D eigenvalue weighted by molar-refractivity contribution is -0.133. The predicted molar refractivity (Wildman–Crippen MR) is 108 cm³/mol. The number of rotatable bonds is 5. The maximum Gasteiger partial charge on any atom is 0.332 e. The van der Waals surface area contributed by atoms with E-state index in [1.54, 1.807) is 12.1 Å². The van der Waals surface area contributed by atoms with Crippen molar-refractivity contribution in [2.24, 2.45) is 0 Å². The second-order valence-corrected chi connectivity index (χ2v) is 7.03. The van der Waals surface area contributed by atoms with Crippen molar-refractivity contribution in [3.63, 3.8) is 0 Å². The van der Waals surface area contributed by atoms with E-state index in [0.29, 0.717) is 30.5 Å². The Balaban J connectivity index is 1.79. The Bertz CT molecular complexity index is 887. The first-order chi connectivity index (χ1) is 12.9. The van der Waals surface area contributed by atoms with Gasteiger partial charge in [0.2, 0.25) is 0 Å². The fourth-order valence-electron chi connectivity index (χ4n) is 3.19. The van der Waals surface area contributed by atoms with Gasteiger partial charge in [0, 0.05) is 42.7 Å². The van der Waals surface area contributed by atoms with E-state index in [0.717, 1.165) is 21.2 Å². The summed E-state index contributed by atoms with van der Waals surface area (Å²) >= 11 is 6.21. The average molecular weight is 385 g/mol. The third kappa shape index (κ3) is 3.98. The van der Waals surface area contributed by atoms with Crippen molar-refractivity contribution in [2.45, 2.75) is 19.3 Å². The molecule has 0 fully saturated rings. The molecule has 0 radical (unpaired) electrons. The van der Waals surface area contributed by atoms with Gasteiger partial charge < -0.3 is 10.0 Å². The standard InChI is InChI=1S/C21H21ClN2O3/c1-23(2)16-10-6-14(7-11-16)15-8-12-17(13-9-15)24(22)20(25)18-4-3-5-19(18)21(26)27/h6-13H,3-5H2,1-2H3,(H,26,27). The van der Waals surface area contributed by atoms with Crippen LogP contribution in [0.1, 0.15) is 19.3 Å². The molecule has 0 saturated heterocycles. The number of carbonyl (C=O) groups is 2. The number of carboxylic acids is 1. The first-order valence-corrected chi connectivity index (χ1v) is 9.05. The monoisotopic (exact) mass is 384 g/mol. The molecule has 5 nitrogen and oxygen atoms in total. The van der Waals surface area contributed by atoms with Gasteiger partial charge in [0.05, 0.1) is 5.69 Å². The zero-order valence-corrected chi connectivity index (χ0v) is 16.0. The lowest BCUT2D eigenvalue weighted by atomic mass is 10.0. The molecule has 2 aromatic carbocycles. The molecular formula is C21H21ClN2O3. The van der Waals surface area contributed by atoms with Gasteiger partial charge in [-0.1, -0.05) is 24.3 Å². The van der Waals surface area contributed by atoms with Crippen LogP contribution in [0.5, 0.6) is 0 Å². The molecule has 0 aromatic heterocycles. The Labute approximate surface area is 163 Å². The van der Waals surface area contributed by atoms with E-state index < -0.39 is 11.9 Å². The molecule has 1 aliphatic rings. The fourth-order valence-corrected chi connectivity index (χ4v) is 3.40. The largest absolute Gasteiger partial charge is 0.478 e. The quantitative estimate of drug-likeness (QED) is 0.772. The van der Waals surface area contributed by atoms with E-state index in [-0.39, 0.29) is 5.57 Å². The zero-order chi connectivity index (χ0) is 19.6. The van der Waals surface area contributed by atoms with E-state index in [1.807, 2.05) is 55.4 Å². The predicted octanol–water partition coefficient (Wildman–Crippen LogP) is 4.47. The summed E-state index contributed by atoms with van der Waals surface area (Å²) in [5, 5.41) is 9.23. The molecule has 0 spiro atoms. The molecule has 3 rings (SSSR count). The third-order valence-corrected chi connectivity index (χ3v) is 5.07. The first kappa shape index (κ1) is 19.0. The number of carbonyl (C=O) groups excluding carboxylic acids is 1. The SMILES string of the molecule is CN(C)c1ccc(-c2ccc(N(Cl)C(=O)C3=C(C(=O)O)CCC3)cc2)cc1. The van der Waals surface area contributed by atoms with Crippen LogP contribution in [0.3, 0.4) is 0 Å². The summed E-state index contributed by atoms with van der Waals surface area (Å²) in [5.74, 6) is -1.51. The Morgan fingerprint density at radius 3 is 1.81 bits per heavy atom. The highest BCUT2D eigenvalue weighted by Crippen LogP contribution is 2.31. The fraction of sp³-hybridized carbons (Fsp3) is 0.238. The maximum absolute atomic E-state index is 12.6. The van der Waals surface area contributed by atoms with Crippen LogP contribution in [0.25, 0.3) is 11.1 Å². The smallest absolute Gasteiger partial charge is 0.332 e. The van der Waals surface area contributed by atoms with Gasteiger partial charge in [-0.3, -0.25) is 4.79 Å². The van der Waals surface area contributed by atoms with Crippen LogP contribution < -0.4 is 9.32 Å². The van der Waals surface area contributed by atoms with Gasteiger partial charge in [0.1, 0.15) is 0 Å². The Hall–Kier alpha value is -2.79. The van der Waals surface area contributed by atoms with Gasteiger partial charge in [-0.05, 0) is 54.7 Å². The van der Waals surface area contributed by atoms with Crippen LogP contribution >= 0.6 is 11.8 Å². The second kappa shape index (κ2) is 7.84. The molecule has 1 aliphatic carbocycles. The van der Waals surface area contributed by atoms with Crippen LogP contribution in [0.15, 0.2) is 59.7 Å². The molecule has 1 N–H and O–H groups in total. The average Bonchev–Trinajstić information content (AvgIpc) is 3.17. The van der Waals surface area contributed by atoms with Crippen molar-refractivity contribution < 1.29 is 14.7 Å². The van der Waals surface area contributed by atoms with Gasteiger partial charge in [0.25, 0.3) is 5.91 Å². The normalized spacial score (nSPS) is 13.6. The second-order valence-electron chi connectivity index (χ2n) is 6.69. The van der Waals surface area contributed by atoms with Gasteiger partial charge in [0.15, 0.2) is 0 Å². The summed E-state index contributed by atoms with van der Waals surface area (Å²) in [6, 6.07) is 15.5. The highest BCUT2D eigenvalue weighted by atomic mass is 35.5. The minimum atomic E-state index is -1.04. The maximum atomic E-state index is 12.6. The number of anilines is 2. The molecule has 0 bridgehead atoms. The molecule has 0 aliphatic heterocycles. The number of halogens is 1. The first-order valence-electron chi connectivity index (χ1n) is 8.72. The van der Waals surface area contributed by atoms with Crippen molar-refractivity contribution in [2.75, 3.05) is 23.4 Å². The summed E-state index contributed by atoms with van der Waals surface area (Å²) in [4.78, 5) is 25.9. The summed E-state index contributed by atoms with van der Waals surface area (Å²) in [5.41, 5.74) is 4.16. The van der Waals surface area contributed by atoms with E-state index in [4.69, 9.17) is 11.8 Å². The molecular weight excluding hydrogens is 364 g/mol. The van der Waals surface area contributed by atoms with Crippen molar-refractivity contribution in [1.82, 2.24) is 0 Å². The van der Waals surface area contributed by atoms with Crippen molar-refractivity contribution in [3.8, 4) is 11.1 Å². The van der Waals surface area contributed by atoms with Crippen LogP contribution in [-0.2, 0) is 9.59 Å². The van der Waals surface area contributed by atoms with Gasteiger partial charge in [-0.2, -0.15) is 0 Å². The minimum absolute atomic E-state index is 0.170. The third-order valence-electron chi connectivity index (χ3n) is 4.72. The number of aliphatic carboxylic acids is 1. The van der Waals surface area contributed by atoms with Crippen LogP contribution in [0.4, 0.5) is 11.4 Å². The number of hydrogen-bond acceptors (Lipinski definition) is 3. The van der Waals surface area contributed by atoms with Crippen molar-refractivity contribution in [3.05, 3.63) is 59.7 Å². The summed E-state index contributed by atoms with van der Waals surface area (Å²) in [6.07, 6.45) is 1.51. The number of benzene rings is 2. The van der Waals surface area contributed by atoms with E-state index in [1.165, 1.54) is 0 Å². The van der Waals surface area contributed by atoms with Gasteiger partial charge >= 0.3 is 5.97 Å². The molecule has 27 heavy (non-hydrogen) atoms. The molecule has 140 valence electrons. The summed E-state index contributed by atoms with van der Waals surface area (Å²) in [6.45, 7) is 0. The number of amides is 1. The molecule has 0 heterocycles. The topological polar surface area (TPSA) is 60.9 Å². The van der Waals surface area contributed by atoms with Gasteiger partial charge in [-0.25, -0.2) is 9.21 Å². The lowest BCUT2D eigenvalue weighted by Crippen LogP contribution is -2.23. The minimum Gasteiger partial charge on any atom is -0.478 e. The Morgan fingerprint density at radius 1 is 0.852 bits per heavy atom. The Kier molecular flexibility index (Phi) is 5.51. The van der Waals surface area contributed by atoms with Crippen LogP contribution in [-0.4, -0.2) is 31.1 Å². The number of hydrogen-bond donors (Lipinski definition) is 1. The highest BCUT2D eigenvalue weighted by Gasteiger charge is 2.28. The zero-order valence-electron chi connectivity index (χ0n) is 15.3. The van der Waals surface area contributed by atoms with Crippen LogP contribution in [0, 0.1) is 0 Å². The summed E-state index contributed by atoms with van der Waals surface area (Å²) in [7, 11) is 3.98. The number of carboxylic acid groups (broad SMARTS) is 1. The molecule has 0 unspecified atom stereocenters. The Morgan fingerprint density at radius 2 is 1.33 bits per heavy atom. The van der Waals surface area contributed by atoms with Crippen LogP contribution in [0.2, 0.25) is 0 Å². The molecule has 2 aromatic rings. The summed E-state index contributed by atoms with van der Waals surface area (Å²) < 4.78 is 1.00. The molecule has 1 amide bonds. The lowest BCUT2D eigenvalue weighted by Gasteiger charge is -2.16. The molecule has 0 saturated carbocycles. The molecule has 6 heteroatoms.